The first-order valence-electron chi connectivity index (χ1n) is 6.33. The number of hydrogen-bond donors (Lipinski definition) is 1. The third kappa shape index (κ3) is 3.31. The zero-order chi connectivity index (χ0) is 12.3. The van der Waals surface area contributed by atoms with E-state index in [-0.39, 0.29) is 0 Å². The van der Waals surface area contributed by atoms with Crippen LogP contribution in [0.1, 0.15) is 42.7 Å². The van der Waals surface area contributed by atoms with Gasteiger partial charge in [0, 0.05) is 11.5 Å². The summed E-state index contributed by atoms with van der Waals surface area (Å²) in [6.45, 7) is 6.25. The molecule has 1 saturated heterocycles. The van der Waals surface area contributed by atoms with Gasteiger partial charge in [-0.3, -0.25) is 0 Å². The highest BCUT2D eigenvalue weighted by atomic mass is 79.9. The van der Waals surface area contributed by atoms with E-state index < -0.39 is 0 Å². The summed E-state index contributed by atoms with van der Waals surface area (Å²) in [5, 5.41) is 3.58. The number of hydrogen-bond acceptors (Lipinski definition) is 3. The van der Waals surface area contributed by atoms with E-state index in [2.05, 4.69) is 41.2 Å². The lowest BCUT2D eigenvalue weighted by Gasteiger charge is -2.31. The molecule has 17 heavy (non-hydrogen) atoms. The van der Waals surface area contributed by atoms with Gasteiger partial charge in [-0.15, -0.1) is 11.3 Å². The fourth-order valence-electron chi connectivity index (χ4n) is 2.46. The van der Waals surface area contributed by atoms with Gasteiger partial charge in [-0.2, -0.15) is 0 Å². The predicted molar refractivity (Wildman–Crippen MR) is 76.8 cm³/mol. The number of ether oxygens (including phenoxy) is 1. The smallest absolute Gasteiger partial charge is 0.0770 e. The Balaban J connectivity index is 2.18. The molecule has 0 aromatic carbocycles. The summed E-state index contributed by atoms with van der Waals surface area (Å²) in [7, 11) is 0. The lowest BCUT2D eigenvalue weighted by molar-refractivity contribution is -0.00789. The van der Waals surface area contributed by atoms with Crippen LogP contribution in [0.4, 0.5) is 0 Å². The number of likely N-dealkylation sites (N-methyl/N-ethyl adjacent to an activating group) is 1. The fourth-order valence-corrected chi connectivity index (χ4v) is 4.21. The van der Waals surface area contributed by atoms with Crippen molar-refractivity contribution < 1.29 is 4.74 Å². The Labute approximate surface area is 116 Å². The fraction of sp³-hybridized carbons (Fsp3) is 0.692. The number of aryl methyl sites for hydroxylation is 1. The normalized spacial score (nSPS) is 22.6. The first-order chi connectivity index (χ1) is 8.22. The molecule has 2 heterocycles. The summed E-state index contributed by atoms with van der Waals surface area (Å²) in [5.74, 6) is 0. The summed E-state index contributed by atoms with van der Waals surface area (Å²) >= 11 is 5.38. The molecule has 0 spiro atoms. The minimum Gasteiger partial charge on any atom is -0.376 e. The van der Waals surface area contributed by atoms with E-state index in [0.29, 0.717) is 12.1 Å². The molecule has 96 valence electrons. The highest BCUT2D eigenvalue weighted by Gasteiger charge is 2.27. The van der Waals surface area contributed by atoms with Gasteiger partial charge in [-0.1, -0.05) is 6.92 Å². The summed E-state index contributed by atoms with van der Waals surface area (Å²) in [5.41, 5.74) is 1.40. The van der Waals surface area contributed by atoms with Crippen LogP contribution >= 0.6 is 27.3 Å². The van der Waals surface area contributed by atoms with E-state index in [4.69, 9.17) is 4.74 Å². The highest BCUT2D eigenvalue weighted by molar-refractivity contribution is 9.11. The molecule has 0 saturated carbocycles. The molecule has 2 atom stereocenters. The molecule has 0 bridgehead atoms. The molecule has 4 heteroatoms. The second-order valence-electron chi connectivity index (χ2n) is 4.50. The van der Waals surface area contributed by atoms with Crippen molar-refractivity contribution in [2.45, 2.75) is 45.3 Å². The number of thiophene rings is 1. The van der Waals surface area contributed by atoms with Crippen LogP contribution in [0.3, 0.4) is 0 Å². The Hall–Kier alpha value is 0.1000. The second-order valence-corrected chi connectivity index (χ2v) is 7.14. The highest BCUT2D eigenvalue weighted by Crippen LogP contribution is 2.34. The lowest BCUT2D eigenvalue weighted by Crippen LogP contribution is -2.36. The van der Waals surface area contributed by atoms with Crippen LogP contribution in [-0.4, -0.2) is 19.3 Å². The zero-order valence-electron chi connectivity index (χ0n) is 10.5. The van der Waals surface area contributed by atoms with Crippen LogP contribution in [-0.2, 0) is 4.74 Å². The van der Waals surface area contributed by atoms with E-state index in [1.165, 1.54) is 33.5 Å². The third-order valence-corrected chi connectivity index (χ3v) is 4.84. The molecule has 2 rings (SSSR count). The van der Waals surface area contributed by atoms with Crippen molar-refractivity contribution in [2.24, 2.45) is 0 Å². The van der Waals surface area contributed by atoms with Crippen molar-refractivity contribution in [3.8, 4) is 0 Å². The standard InChI is InChI=1S/C13H20BrNOS/c1-3-15-13(11-6-4-5-7-16-11)10-8-12(14)17-9(10)2/h8,11,13,15H,3-7H2,1-2H3. The SMILES string of the molecule is CCNC(c1cc(Br)sc1C)C1CCCCO1. The minimum absolute atomic E-state index is 0.337. The molecule has 1 aliphatic rings. The summed E-state index contributed by atoms with van der Waals surface area (Å²) < 4.78 is 7.15. The Bertz CT molecular complexity index is 360. The molecule has 1 aromatic heterocycles. The number of rotatable bonds is 4. The Kier molecular flexibility index (Phi) is 5.03. The maximum atomic E-state index is 5.94. The summed E-state index contributed by atoms with van der Waals surface area (Å²) in [4.78, 5) is 1.39. The molecule has 2 unspecified atom stereocenters. The third-order valence-electron chi connectivity index (χ3n) is 3.27. The predicted octanol–water partition coefficient (Wildman–Crippen LogP) is 4.04. The molecule has 1 fully saturated rings. The van der Waals surface area contributed by atoms with Crippen molar-refractivity contribution in [2.75, 3.05) is 13.2 Å². The quantitative estimate of drug-likeness (QED) is 0.905. The molecule has 0 radical (unpaired) electrons. The van der Waals surface area contributed by atoms with E-state index >= 15 is 0 Å². The van der Waals surface area contributed by atoms with E-state index in [1.807, 2.05) is 11.3 Å². The largest absolute Gasteiger partial charge is 0.376 e. The maximum Gasteiger partial charge on any atom is 0.0770 e. The first-order valence-corrected chi connectivity index (χ1v) is 7.94. The van der Waals surface area contributed by atoms with Gasteiger partial charge < -0.3 is 10.1 Å². The first kappa shape index (κ1) is 13.5. The molecular weight excluding hydrogens is 298 g/mol. The summed E-state index contributed by atoms with van der Waals surface area (Å²) in [6, 6.07) is 2.59. The average Bonchev–Trinajstić information content (AvgIpc) is 2.66. The van der Waals surface area contributed by atoms with Gasteiger partial charge in [0.1, 0.15) is 0 Å². The van der Waals surface area contributed by atoms with Crippen LogP contribution in [0.2, 0.25) is 0 Å². The van der Waals surface area contributed by atoms with E-state index in [1.54, 1.807) is 0 Å². The van der Waals surface area contributed by atoms with E-state index in [0.717, 1.165) is 13.2 Å². The topological polar surface area (TPSA) is 21.3 Å². The Morgan fingerprint density at radius 3 is 2.94 bits per heavy atom. The van der Waals surface area contributed by atoms with Crippen LogP contribution < -0.4 is 5.32 Å². The molecule has 0 aliphatic carbocycles. The van der Waals surface area contributed by atoms with Crippen LogP contribution in [0.25, 0.3) is 0 Å². The molecular formula is C13H20BrNOS. The number of halogens is 1. The second kappa shape index (κ2) is 6.32. The monoisotopic (exact) mass is 317 g/mol. The summed E-state index contributed by atoms with van der Waals surface area (Å²) in [6.07, 6.45) is 4.01. The van der Waals surface area contributed by atoms with Crippen molar-refractivity contribution in [3.63, 3.8) is 0 Å². The van der Waals surface area contributed by atoms with Gasteiger partial charge in [0.25, 0.3) is 0 Å². The van der Waals surface area contributed by atoms with Crippen LogP contribution in [0, 0.1) is 6.92 Å². The van der Waals surface area contributed by atoms with Crippen LogP contribution in [0.5, 0.6) is 0 Å². The van der Waals surface area contributed by atoms with Gasteiger partial charge in [0.2, 0.25) is 0 Å². The van der Waals surface area contributed by atoms with Crippen molar-refractivity contribution in [1.82, 2.24) is 5.32 Å². The molecule has 1 N–H and O–H groups in total. The maximum absolute atomic E-state index is 5.94. The van der Waals surface area contributed by atoms with E-state index in [9.17, 15) is 0 Å². The Morgan fingerprint density at radius 1 is 1.59 bits per heavy atom. The minimum atomic E-state index is 0.337. The van der Waals surface area contributed by atoms with Crippen molar-refractivity contribution in [1.29, 1.82) is 0 Å². The van der Waals surface area contributed by atoms with Crippen LogP contribution in [0.15, 0.2) is 9.85 Å². The molecule has 1 aliphatic heterocycles. The van der Waals surface area contributed by atoms with Gasteiger partial charge in [-0.05, 0) is 60.3 Å². The van der Waals surface area contributed by atoms with Gasteiger partial charge >= 0.3 is 0 Å². The van der Waals surface area contributed by atoms with Gasteiger partial charge in [0.05, 0.1) is 15.9 Å². The average molecular weight is 318 g/mol. The van der Waals surface area contributed by atoms with Gasteiger partial charge in [0.15, 0.2) is 0 Å². The molecule has 2 nitrogen and oxygen atoms in total. The zero-order valence-corrected chi connectivity index (χ0v) is 12.9. The molecule has 1 aromatic rings. The molecule has 0 amide bonds. The Morgan fingerprint density at radius 2 is 2.41 bits per heavy atom. The van der Waals surface area contributed by atoms with Crippen molar-refractivity contribution >= 4 is 27.3 Å². The van der Waals surface area contributed by atoms with Gasteiger partial charge in [-0.25, -0.2) is 0 Å². The lowest BCUT2D eigenvalue weighted by atomic mass is 9.96. The number of nitrogens with one attached hydrogen (secondary N) is 1. The van der Waals surface area contributed by atoms with Crippen molar-refractivity contribution in [3.05, 3.63) is 20.3 Å².